The quantitative estimate of drug-likeness (QED) is 0.796. The van der Waals surface area contributed by atoms with Crippen LogP contribution in [-0.4, -0.2) is 29.8 Å². The third kappa shape index (κ3) is 5.39. The Kier molecular flexibility index (Phi) is 4.80. The van der Waals surface area contributed by atoms with E-state index in [0.717, 1.165) is 19.3 Å². The Morgan fingerprint density at radius 3 is 2.41 bits per heavy atom. The van der Waals surface area contributed by atoms with Crippen LogP contribution in [0.3, 0.4) is 0 Å². The number of hydrogen-bond donors (Lipinski definition) is 2. The van der Waals surface area contributed by atoms with E-state index < -0.39 is 5.60 Å². The van der Waals surface area contributed by atoms with Crippen molar-refractivity contribution < 1.29 is 9.53 Å². The average Bonchev–Trinajstić information content (AvgIpc) is 2.11. The first kappa shape index (κ1) is 14.3. The first-order chi connectivity index (χ1) is 7.80. The third-order valence-electron chi connectivity index (χ3n) is 2.99. The molecule has 1 fully saturated rings. The van der Waals surface area contributed by atoms with E-state index in [2.05, 4.69) is 24.5 Å². The highest BCUT2D eigenvalue weighted by Gasteiger charge is 2.31. The first-order valence-corrected chi connectivity index (χ1v) is 6.55. The van der Waals surface area contributed by atoms with Crippen LogP contribution in [0, 0.1) is 0 Å². The summed E-state index contributed by atoms with van der Waals surface area (Å²) in [4.78, 5) is 11.5. The number of carbonyl (C=O) groups is 1. The molecule has 1 rings (SSSR count). The topological polar surface area (TPSA) is 50.4 Å². The molecule has 0 radical (unpaired) electrons. The molecule has 4 heteroatoms. The fourth-order valence-electron chi connectivity index (χ4n) is 1.87. The maximum atomic E-state index is 11.5. The van der Waals surface area contributed by atoms with Gasteiger partial charge in [-0.05, 0) is 47.0 Å². The van der Waals surface area contributed by atoms with Gasteiger partial charge >= 0.3 is 6.09 Å². The van der Waals surface area contributed by atoms with Gasteiger partial charge in [-0.15, -0.1) is 0 Å². The van der Waals surface area contributed by atoms with E-state index in [4.69, 9.17) is 4.74 Å². The van der Waals surface area contributed by atoms with Gasteiger partial charge < -0.3 is 15.4 Å². The molecule has 1 saturated carbocycles. The van der Waals surface area contributed by atoms with E-state index >= 15 is 0 Å². The van der Waals surface area contributed by atoms with Gasteiger partial charge in [0.15, 0.2) is 0 Å². The fourth-order valence-corrected chi connectivity index (χ4v) is 1.87. The number of amides is 1. The minimum absolute atomic E-state index is 0.270. The molecule has 0 aromatic heterocycles. The predicted molar refractivity (Wildman–Crippen MR) is 69.1 cm³/mol. The molecule has 17 heavy (non-hydrogen) atoms. The first-order valence-electron chi connectivity index (χ1n) is 6.55. The van der Waals surface area contributed by atoms with Crippen LogP contribution >= 0.6 is 0 Å². The van der Waals surface area contributed by atoms with Crippen molar-refractivity contribution in [3.8, 4) is 0 Å². The smallest absolute Gasteiger partial charge is 0.407 e. The van der Waals surface area contributed by atoms with Crippen LogP contribution in [0.4, 0.5) is 4.79 Å². The molecule has 1 unspecified atom stereocenters. The number of carbonyl (C=O) groups excluding carboxylic acids is 1. The maximum Gasteiger partial charge on any atom is 0.407 e. The second kappa shape index (κ2) is 5.71. The second-order valence-corrected chi connectivity index (χ2v) is 5.99. The summed E-state index contributed by atoms with van der Waals surface area (Å²) in [5, 5.41) is 6.42. The SMILES string of the molecule is CCC(C)NC1CC(NC(=O)OC(C)(C)C)C1. The van der Waals surface area contributed by atoms with Crippen LogP contribution < -0.4 is 10.6 Å². The highest BCUT2D eigenvalue weighted by Crippen LogP contribution is 2.21. The highest BCUT2D eigenvalue weighted by molar-refractivity contribution is 5.68. The van der Waals surface area contributed by atoms with E-state index in [9.17, 15) is 4.79 Å². The van der Waals surface area contributed by atoms with Crippen molar-refractivity contribution in [2.75, 3.05) is 0 Å². The average molecular weight is 242 g/mol. The Morgan fingerprint density at radius 2 is 1.94 bits per heavy atom. The van der Waals surface area contributed by atoms with Gasteiger partial charge in [-0.2, -0.15) is 0 Å². The molecule has 1 atom stereocenters. The Labute approximate surface area is 104 Å². The van der Waals surface area contributed by atoms with Crippen molar-refractivity contribution in [1.29, 1.82) is 0 Å². The number of ether oxygens (including phenoxy) is 1. The van der Waals surface area contributed by atoms with Gasteiger partial charge in [0.2, 0.25) is 0 Å². The normalized spacial score (nSPS) is 25.9. The summed E-state index contributed by atoms with van der Waals surface area (Å²) in [6.07, 6.45) is 2.85. The van der Waals surface area contributed by atoms with Crippen molar-refractivity contribution >= 4 is 6.09 Å². The van der Waals surface area contributed by atoms with Gasteiger partial charge in [0.1, 0.15) is 5.60 Å². The zero-order valence-electron chi connectivity index (χ0n) is 11.7. The summed E-state index contributed by atoms with van der Waals surface area (Å²) in [5.74, 6) is 0. The zero-order valence-corrected chi connectivity index (χ0v) is 11.7. The van der Waals surface area contributed by atoms with E-state index in [-0.39, 0.29) is 12.1 Å². The minimum atomic E-state index is -0.414. The van der Waals surface area contributed by atoms with Gasteiger partial charge in [-0.1, -0.05) is 6.92 Å². The summed E-state index contributed by atoms with van der Waals surface area (Å²) >= 11 is 0. The lowest BCUT2D eigenvalue weighted by molar-refractivity contribution is 0.0463. The molecule has 0 aromatic rings. The van der Waals surface area contributed by atoms with Crippen molar-refractivity contribution in [2.45, 2.75) is 77.6 Å². The number of alkyl carbamates (subject to hydrolysis) is 1. The Hall–Kier alpha value is -0.770. The lowest BCUT2D eigenvalue weighted by atomic mass is 9.86. The van der Waals surface area contributed by atoms with Crippen LogP contribution in [0.1, 0.15) is 53.9 Å². The lowest BCUT2D eigenvalue weighted by Gasteiger charge is -2.38. The molecule has 0 saturated heterocycles. The molecule has 1 aliphatic rings. The Balaban J connectivity index is 2.15. The molecule has 0 aromatic carbocycles. The summed E-state index contributed by atoms with van der Waals surface area (Å²) < 4.78 is 5.21. The van der Waals surface area contributed by atoms with E-state index in [1.54, 1.807) is 0 Å². The summed E-state index contributed by atoms with van der Waals surface area (Å²) in [7, 11) is 0. The van der Waals surface area contributed by atoms with Crippen molar-refractivity contribution in [1.82, 2.24) is 10.6 Å². The Morgan fingerprint density at radius 1 is 1.35 bits per heavy atom. The largest absolute Gasteiger partial charge is 0.444 e. The molecule has 0 heterocycles. The van der Waals surface area contributed by atoms with Crippen LogP contribution in [0.15, 0.2) is 0 Å². The number of hydrogen-bond acceptors (Lipinski definition) is 3. The van der Waals surface area contributed by atoms with Gasteiger partial charge in [-0.25, -0.2) is 4.79 Å². The van der Waals surface area contributed by atoms with Gasteiger partial charge in [0, 0.05) is 18.1 Å². The van der Waals surface area contributed by atoms with Crippen molar-refractivity contribution in [2.24, 2.45) is 0 Å². The molecule has 0 bridgehead atoms. The van der Waals surface area contributed by atoms with Gasteiger partial charge in [-0.3, -0.25) is 0 Å². The minimum Gasteiger partial charge on any atom is -0.444 e. The molecular weight excluding hydrogens is 216 g/mol. The van der Waals surface area contributed by atoms with Crippen molar-refractivity contribution in [3.05, 3.63) is 0 Å². The van der Waals surface area contributed by atoms with E-state index in [0.29, 0.717) is 12.1 Å². The predicted octanol–water partition coefficient (Wildman–Crippen LogP) is 2.43. The van der Waals surface area contributed by atoms with E-state index in [1.807, 2.05) is 20.8 Å². The van der Waals surface area contributed by atoms with Crippen LogP contribution in [0.5, 0.6) is 0 Å². The highest BCUT2D eigenvalue weighted by atomic mass is 16.6. The molecule has 1 amide bonds. The van der Waals surface area contributed by atoms with E-state index in [1.165, 1.54) is 0 Å². The van der Waals surface area contributed by atoms with Gasteiger partial charge in [0.05, 0.1) is 0 Å². The molecule has 2 N–H and O–H groups in total. The van der Waals surface area contributed by atoms with Crippen LogP contribution in [-0.2, 0) is 4.74 Å². The summed E-state index contributed by atoms with van der Waals surface area (Å²) in [5.41, 5.74) is -0.414. The molecule has 100 valence electrons. The Bertz CT molecular complexity index is 255. The zero-order chi connectivity index (χ0) is 13.1. The standard InChI is InChI=1S/C13H26N2O2/c1-6-9(2)14-10-7-11(8-10)15-12(16)17-13(3,4)5/h9-11,14H,6-8H2,1-5H3,(H,15,16). The van der Waals surface area contributed by atoms with Gasteiger partial charge in [0.25, 0.3) is 0 Å². The number of nitrogens with one attached hydrogen (secondary N) is 2. The molecule has 0 aliphatic heterocycles. The number of rotatable bonds is 4. The lowest BCUT2D eigenvalue weighted by Crippen LogP contribution is -2.54. The monoisotopic (exact) mass is 242 g/mol. The third-order valence-corrected chi connectivity index (χ3v) is 2.99. The van der Waals surface area contributed by atoms with Crippen LogP contribution in [0.25, 0.3) is 0 Å². The van der Waals surface area contributed by atoms with Crippen LogP contribution in [0.2, 0.25) is 0 Å². The summed E-state index contributed by atoms with van der Waals surface area (Å²) in [6.45, 7) is 9.99. The van der Waals surface area contributed by atoms with Crippen molar-refractivity contribution in [3.63, 3.8) is 0 Å². The molecule has 1 aliphatic carbocycles. The molecule has 4 nitrogen and oxygen atoms in total. The molecule has 0 spiro atoms. The second-order valence-electron chi connectivity index (χ2n) is 5.99. The fraction of sp³-hybridized carbons (Fsp3) is 0.923. The maximum absolute atomic E-state index is 11.5. The summed E-state index contributed by atoms with van der Waals surface area (Å²) in [6, 6.07) is 1.37. The molecular formula is C13H26N2O2.